The molecule has 0 radical (unpaired) electrons. The normalized spacial score (nSPS) is 17.0. The number of aryl methyl sites for hydroxylation is 3. The summed E-state index contributed by atoms with van der Waals surface area (Å²) in [5, 5.41) is 1.37. The van der Waals surface area contributed by atoms with Gasteiger partial charge in [-0.1, -0.05) is 17.7 Å². The second-order valence-corrected chi connectivity index (χ2v) is 7.66. The molecule has 0 amide bonds. The van der Waals surface area contributed by atoms with Crippen LogP contribution in [-0.2, 0) is 6.42 Å². The Labute approximate surface area is 156 Å². The molecular weight excluding hydrogens is 316 g/mol. The van der Waals surface area contributed by atoms with E-state index in [9.17, 15) is 0 Å². The van der Waals surface area contributed by atoms with E-state index in [0.29, 0.717) is 6.04 Å². The van der Waals surface area contributed by atoms with E-state index >= 15 is 0 Å². The van der Waals surface area contributed by atoms with E-state index < -0.39 is 0 Å². The van der Waals surface area contributed by atoms with Gasteiger partial charge in [0.05, 0.1) is 11.2 Å². The summed E-state index contributed by atoms with van der Waals surface area (Å²) in [5.41, 5.74) is 9.06. The van der Waals surface area contributed by atoms with Gasteiger partial charge in [0.1, 0.15) is 0 Å². The van der Waals surface area contributed by atoms with Crippen molar-refractivity contribution in [1.82, 2.24) is 9.47 Å². The first-order chi connectivity index (χ1) is 12.5. The highest BCUT2D eigenvalue weighted by molar-refractivity contribution is 5.87. The summed E-state index contributed by atoms with van der Waals surface area (Å²) in [7, 11) is 2.21. The lowest BCUT2D eigenvalue weighted by atomic mass is 9.98. The fourth-order valence-electron chi connectivity index (χ4n) is 3.94. The third kappa shape index (κ3) is 2.73. The number of hydrogen-bond acceptors (Lipinski definition) is 1. The van der Waals surface area contributed by atoms with E-state index in [1.54, 1.807) is 0 Å². The zero-order valence-corrected chi connectivity index (χ0v) is 16.4. The Bertz CT molecular complexity index is 1060. The first-order valence-corrected chi connectivity index (χ1v) is 9.39. The van der Waals surface area contributed by atoms with Crippen LogP contribution in [0.4, 0.5) is 0 Å². The van der Waals surface area contributed by atoms with Crippen molar-refractivity contribution in [2.45, 2.75) is 40.2 Å². The fourth-order valence-corrected chi connectivity index (χ4v) is 3.94. The van der Waals surface area contributed by atoms with Crippen LogP contribution in [0.15, 0.2) is 36.4 Å². The standard InChI is InChI=1S/C24H26N2/c1-16-6-9-23-22(14-16)21-11-12-25(5)19(4)24(21)26(23)13-10-20-8-7-17(2)18(3)15-20/h6-9,14-15,19H,11-12H2,1-5H3. The lowest BCUT2D eigenvalue weighted by Crippen LogP contribution is -2.31. The largest absolute Gasteiger partial charge is 0.298 e. The van der Waals surface area contributed by atoms with Crippen LogP contribution in [0, 0.1) is 32.7 Å². The van der Waals surface area contributed by atoms with Gasteiger partial charge in [-0.15, -0.1) is 0 Å². The van der Waals surface area contributed by atoms with Crippen LogP contribution in [0.25, 0.3) is 10.9 Å². The van der Waals surface area contributed by atoms with Gasteiger partial charge in [0.15, 0.2) is 0 Å². The zero-order chi connectivity index (χ0) is 18.4. The number of likely N-dealkylation sites (N-methyl/N-ethyl adjacent to an activating group) is 1. The minimum atomic E-state index is 0.375. The first kappa shape index (κ1) is 16.9. The second-order valence-electron chi connectivity index (χ2n) is 7.66. The Morgan fingerprint density at radius 3 is 2.58 bits per heavy atom. The highest BCUT2D eigenvalue weighted by atomic mass is 15.2. The molecule has 1 atom stereocenters. The highest BCUT2D eigenvalue weighted by Gasteiger charge is 2.27. The molecule has 0 N–H and O–H groups in total. The maximum Gasteiger partial charge on any atom is 0.0618 e. The summed E-state index contributed by atoms with van der Waals surface area (Å²) in [6.07, 6.45) is 1.09. The Morgan fingerprint density at radius 2 is 1.81 bits per heavy atom. The highest BCUT2D eigenvalue weighted by Crippen LogP contribution is 2.36. The van der Waals surface area contributed by atoms with Crippen molar-refractivity contribution >= 4 is 10.9 Å². The molecule has 0 saturated heterocycles. The van der Waals surface area contributed by atoms with Gasteiger partial charge in [-0.25, -0.2) is 0 Å². The van der Waals surface area contributed by atoms with Crippen molar-refractivity contribution in [1.29, 1.82) is 0 Å². The van der Waals surface area contributed by atoms with Gasteiger partial charge in [0.25, 0.3) is 0 Å². The monoisotopic (exact) mass is 342 g/mol. The molecule has 1 unspecified atom stereocenters. The van der Waals surface area contributed by atoms with Crippen molar-refractivity contribution in [3.63, 3.8) is 0 Å². The van der Waals surface area contributed by atoms with Gasteiger partial charge in [-0.2, -0.15) is 0 Å². The molecule has 0 fully saturated rings. The molecule has 0 bridgehead atoms. The molecule has 1 aliphatic rings. The average molecular weight is 342 g/mol. The number of rotatable bonds is 0. The Hall–Kier alpha value is -2.50. The lowest BCUT2D eigenvalue weighted by molar-refractivity contribution is 0.242. The quantitative estimate of drug-likeness (QED) is 0.524. The van der Waals surface area contributed by atoms with Crippen molar-refractivity contribution in [3.05, 3.63) is 69.9 Å². The van der Waals surface area contributed by atoms with Crippen LogP contribution in [0.5, 0.6) is 0 Å². The molecule has 2 nitrogen and oxygen atoms in total. The SMILES string of the molecule is Cc1ccc2c(c1)c1c(n2C#Cc2ccc(C)c(C)c2)C(C)N(C)CC1. The van der Waals surface area contributed by atoms with E-state index in [1.807, 2.05) is 0 Å². The minimum absolute atomic E-state index is 0.375. The van der Waals surface area contributed by atoms with Gasteiger partial charge < -0.3 is 0 Å². The summed E-state index contributed by atoms with van der Waals surface area (Å²) < 4.78 is 2.24. The molecule has 1 aliphatic heterocycles. The van der Waals surface area contributed by atoms with E-state index in [2.05, 4.69) is 92.6 Å². The van der Waals surface area contributed by atoms with Crippen LogP contribution >= 0.6 is 0 Å². The summed E-state index contributed by atoms with van der Waals surface area (Å²) in [4.78, 5) is 2.42. The molecule has 132 valence electrons. The van der Waals surface area contributed by atoms with Crippen LogP contribution in [-0.4, -0.2) is 23.1 Å². The predicted octanol–water partition coefficient (Wildman–Crippen LogP) is 4.97. The molecule has 4 rings (SSSR count). The van der Waals surface area contributed by atoms with Gasteiger partial charge in [0, 0.05) is 29.6 Å². The second kappa shape index (κ2) is 6.34. The van der Waals surface area contributed by atoms with Gasteiger partial charge >= 0.3 is 0 Å². The van der Waals surface area contributed by atoms with Gasteiger partial charge in [-0.05, 0) is 88.0 Å². The molecule has 3 aromatic rings. The molecule has 2 aromatic carbocycles. The first-order valence-electron chi connectivity index (χ1n) is 9.39. The van der Waals surface area contributed by atoms with Crippen molar-refractivity contribution in [2.75, 3.05) is 13.6 Å². The van der Waals surface area contributed by atoms with Crippen molar-refractivity contribution < 1.29 is 0 Å². The lowest BCUT2D eigenvalue weighted by Gasteiger charge is -2.30. The topological polar surface area (TPSA) is 8.17 Å². The molecule has 2 heteroatoms. The zero-order valence-electron chi connectivity index (χ0n) is 16.4. The number of fused-ring (bicyclic) bond motifs is 3. The maximum absolute atomic E-state index is 3.47. The van der Waals surface area contributed by atoms with Crippen molar-refractivity contribution in [3.8, 4) is 12.0 Å². The molecule has 0 spiro atoms. The van der Waals surface area contributed by atoms with E-state index in [0.717, 1.165) is 18.5 Å². The molecule has 1 aromatic heterocycles. The summed E-state index contributed by atoms with van der Waals surface area (Å²) >= 11 is 0. The molecule has 0 saturated carbocycles. The van der Waals surface area contributed by atoms with Crippen LogP contribution in [0.2, 0.25) is 0 Å². The predicted molar refractivity (Wildman–Crippen MR) is 110 cm³/mol. The third-order valence-electron chi connectivity index (χ3n) is 5.86. The number of nitrogens with zero attached hydrogens (tertiary/aromatic N) is 2. The Balaban J connectivity index is 1.92. The van der Waals surface area contributed by atoms with E-state index in [-0.39, 0.29) is 0 Å². The van der Waals surface area contributed by atoms with Crippen LogP contribution in [0.3, 0.4) is 0 Å². The number of aromatic nitrogens is 1. The van der Waals surface area contributed by atoms with Crippen LogP contribution in [0.1, 0.15) is 46.5 Å². The summed E-state index contributed by atoms with van der Waals surface area (Å²) in [6.45, 7) is 9.85. The molecule has 26 heavy (non-hydrogen) atoms. The summed E-state index contributed by atoms with van der Waals surface area (Å²) in [5.74, 6) is 3.40. The molecule has 2 heterocycles. The minimum Gasteiger partial charge on any atom is -0.298 e. The Kier molecular flexibility index (Phi) is 4.13. The summed E-state index contributed by atoms with van der Waals surface area (Å²) in [6, 6.07) is 17.0. The van der Waals surface area contributed by atoms with Gasteiger partial charge in [0.2, 0.25) is 0 Å². The maximum atomic E-state index is 3.47. The van der Waals surface area contributed by atoms with E-state index in [4.69, 9.17) is 0 Å². The van der Waals surface area contributed by atoms with Crippen LogP contribution < -0.4 is 0 Å². The molecular formula is C24H26N2. The Morgan fingerprint density at radius 1 is 1.00 bits per heavy atom. The van der Waals surface area contributed by atoms with E-state index in [1.165, 1.54) is 38.9 Å². The number of hydrogen-bond donors (Lipinski definition) is 0. The van der Waals surface area contributed by atoms with Gasteiger partial charge in [-0.3, -0.25) is 9.47 Å². The third-order valence-corrected chi connectivity index (χ3v) is 5.86. The molecule has 0 aliphatic carbocycles. The smallest absolute Gasteiger partial charge is 0.0618 e. The number of benzene rings is 2. The van der Waals surface area contributed by atoms with Crippen molar-refractivity contribution in [2.24, 2.45) is 0 Å². The fraction of sp³-hybridized carbons (Fsp3) is 0.333. The average Bonchev–Trinajstić information content (AvgIpc) is 2.92.